The standard InChI is InChI=1S/C16H19N7O/c1-2-4-13(5-3-1)6-8-23-15(10-22-12-17-20-21-22)18-16(19-23)14-7-9-24-11-14/h1-5,12,14H,6-11H2. The van der Waals surface area contributed by atoms with Crippen LogP contribution in [0.25, 0.3) is 0 Å². The van der Waals surface area contributed by atoms with Crippen molar-refractivity contribution in [3.8, 4) is 0 Å². The molecule has 2 aromatic heterocycles. The molecule has 8 heteroatoms. The lowest BCUT2D eigenvalue weighted by Crippen LogP contribution is -2.12. The van der Waals surface area contributed by atoms with Crippen molar-refractivity contribution in [1.82, 2.24) is 35.0 Å². The molecule has 1 fully saturated rings. The number of hydrogen-bond donors (Lipinski definition) is 0. The minimum atomic E-state index is 0.288. The fourth-order valence-electron chi connectivity index (χ4n) is 2.88. The van der Waals surface area contributed by atoms with Gasteiger partial charge >= 0.3 is 0 Å². The van der Waals surface area contributed by atoms with E-state index in [1.165, 1.54) is 5.56 Å². The van der Waals surface area contributed by atoms with Gasteiger partial charge in [0.1, 0.15) is 18.7 Å². The minimum Gasteiger partial charge on any atom is -0.381 e. The monoisotopic (exact) mass is 325 g/mol. The highest BCUT2D eigenvalue weighted by Crippen LogP contribution is 2.22. The molecule has 0 saturated carbocycles. The third kappa shape index (κ3) is 3.33. The van der Waals surface area contributed by atoms with Gasteiger partial charge in [0.2, 0.25) is 0 Å². The third-order valence-electron chi connectivity index (χ3n) is 4.21. The molecule has 4 rings (SSSR count). The Morgan fingerprint density at radius 3 is 2.88 bits per heavy atom. The largest absolute Gasteiger partial charge is 0.381 e. The van der Waals surface area contributed by atoms with E-state index in [4.69, 9.17) is 14.8 Å². The first-order chi connectivity index (χ1) is 11.9. The molecule has 1 aromatic carbocycles. The van der Waals surface area contributed by atoms with E-state index >= 15 is 0 Å². The number of benzene rings is 1. The quantitative estimate of drug-likeness (QED) is 0.674. The Hall–Kier alpha value is -2.61. The molecule has 1 aliphatic heterocycles. The summed E-state index contributed by atoms with van der Waals surface area (Å²) in [5.41, 5.74) is 1.28. The summed E-state index contributed by atoms with van der Waals surface area (Å²) >= 11 is 0. The highest BCUT2D eigenvalue weighted by Gasteiger charge is 2.23. The second kappa shape index (κ2) is 6.88. The van der Waals surface area contributed by atoms with Crippen molar-refractivity contribution in [2.45, 2.75) is 31.8 Å². The molecule has 3 heterocycles. The lowest BCUT2D eigenvalue weighted by Gasteiger charge is -2.06. The van der Waals surface area contributed by atoms with Gasteiger partial charge in [-0.1, -0.05) is 30.3 Å². The lowest BCUT2D eigenvalue weighted by atomic mass is 10.1. The van der Waals surface area contributed by atoms with E-state index in [9.17, 15) is 0 Å². The Kier molecular flexibility index (Phi) is 4.28. The van der Waals surface area contributed by atoms with Crippen molar-refractivity contribution >= 4 is 0 Å². The minimum absolute atomic E-state index is 0.288. The Labute approximate surface area is 139 Å². The zero-order valence-corrected chi connectivity index (χ0v) is 13.3. The van der Waals surface area contributed by atoms with Crippen molar-refractivity contribution in [2.24, 2.45) is 0 Å². The molecule has 0 N–H and O–H groups in total. The smallest absolute Gasteiger partial charge is 0.156 e. The molecule has 3 aromatic rings. The number of rotatable bonds is 6. The first-order valence-electron chi connectivity index (χ1n) is 8.14. The predicted octanol–water partition coefficient (Wildman–Crippen LogP) is 1.06. The number of aromatic nitrogens is 7. The van der Waals surface area contributed by atoms with Gasteiger partial charge in [-0.05, 0) is 28.8 Å². The molecule has 24 heavy (non-hydrogen) atoms. The van der Waals surface area contributed by atoms with Gasteiger partial charge in [0, 0.05) is 19.1 Å². The first kappa shape index (κ1) is 14.9. The molecule has 0 bridgehead atoms. The molecule has 1 unspecified atom stereocenters. The summed E-state index contributed by atoms with van der Waals surface area (Å²) in [7, 11) is 0. The molecule has 124 valence electrons. The summed E-state index contributed by atoms with van der Waals surface area (Å²) in [6.45, 7) is 2.78. The Bertz CT molecular complexity index is 763. The maximum Gasteiger partial charge on any atom is 0.156 e. The fraction of sp³-hybridized carbons (Fsp3) is 0.438. The van der Waals surface area contributed by atoms with Crippen molar-refractivity contribution < 1.29 is 4.74 Å². The highest BCUT2D eigenvalue weighted by atomic mass is 16.5. The third-order valence-corrected chi connectivity index (χ3v) is 4.21. The van der Waals surface area contributed by atoms with Crippen LogP contribution in [0.15, 0.2) is 36.7 Å². The number of ether oxygens (including phenoxy) is 1. The van der Waals surface area contributed by atoms with Crippen LogP contribution in [0.1, 0.15) is 29.6 Å². The van der Waals surface area contributed by atoms with E-state index in [1.54, 1.807) is 11.0 Å². The van der Waals surface area contributed by atoms with Crippen LogP contribution in [0.5, 0.6) is 0 Å². The molecular formula is C16H19N7O. The van der Waals surface area contributed by atoms with Crippen LogP contribution in [0.3, 0.4) is 0 Å². The predicted molar refractivity (Wildman–Crippen MR) is 85.3 cm³/mol. The van der Waals surface area contributed by atoms with Crippen LogP contribution >= 0.6 is 0 Å². The average molecular weight is 325 g/mol. The highest BCUT2D eigenvalue weighted by molar-refractivity contribution is 5.14. The number of hydrogen-bond acceptors (Lipinski definition) is 6. The van der Waals surface area contributed by atoms with Crippen LogP contribution in [-0.2, 0) is 24.2 Å². The number of tetrazole rings is 1. The summed E-state index contributed by atoms with van der Waals surface area (Å²) in [5, 5.41) is 16.0. The lowest BCUT2D eigenvalue weighted by molar-refractivity contribution is 0.193. The van der Waals surface area contributed by atoms with Crippen LogP contribution < -0.4 is 0 Å². The Balaban J connectivity index is 1.55. The maximum atomic E-state index is 5.47. The first-order valence-corrected chi connectivity index (χ1v) is 8.14. The van der Waals surface area contributed by atoms with Crippen molar-refractivity contribution in [3.05, 3.63) is 53.9 Å². The van der Waals surface area contributed by atoms with Crippen molar-refractivity contribution in [1.29, 1.82) is 0 Å². The number of nitrogens with zero attached hydrogens (tertiary/aromatic N) is 7. The topological polar surface area (TPSA) is 83.5 Å². The SMILES string of the molecule is c1ccc(CCn2nc(C3CCOC3)nc2Cn2cnnn2)cc1. The summed E-state index contributed by atoms with van der Waals surface area (Å²) in [4.78, 5) is 4.73. The Morgan fingerprint density at radius 1 is 1.21 bits per heavy atom. The summed E-state index contributed by atoms with van der Waals surface area (Å²) in [5.74, 6) is 2.03. The van der Waals surface area contributed by atoms with Gasteiger partial charge in [0.25, 0.3) is 0 Å². The maximum absolute atomic E-state index is 5.47. The van der Waals surface area contributed by atoms with Crippen LogP contribution in [-0.4, -0.2) is 48.2 Å². The molecule has 0 aliphatic carbocycles. The van der Waals surface area contributed by atoms with E-state index < -0.39 is 0 Å². The summed E-state index contributed by atoms with van der Waals surface area (Å²) in [6, 6.07) is 10.4. The fourth-order valence-corrected chi connectivity index (χ4v) is 2.88. The average Bonchev–Trinajstić information content (AvgIpc) is 3.36. The van der Waals surface area contributed by atoms with Gasteiger partial charge in [-0.3, -0.25) is 0 Å². The van der Waals surface area contributed by atoms with Gasteiger partial charge in [-0.25, -0.2) is 14.3 Å². The summed E-state index contributed by atoms with van der Waals surface area (Å²) in [6.07, 6.45) is 3.48. The van der Waals surface area contributed by atoms with Crippen LogP contribution in [0, 0.1) is 0 Å². The van der Waals surface area contributed by atoms with Crippen LogP contribution in [0.2, 0.25) is 0 Å². The van der Waals surface area contributed by atoms with Gasteiger partial charge < -0.3 is 4.74 Å². The second-order valence-corrected chi connectivity index (χ2v) is 5.91. The van der Waals surface area contributed by atoms with E-state index in [0.717, 1.165) is 37.6 Å². The van der Waals surface area contributed by atoms with Crippen LogP contribution in [0.4, 0.5) is 0 Å². The number of aryl methyl sites for hydroxylation is 2. The van der Waals surface area contributed by atoms with E-state index in [0.29, 0.717) is 13.2 Å². The molecule has 8 nitrogen and oxygen atoms in total. The van der Waals surface area contributed by atoms with Crippen molar-refractivity contribution in [3.63, 3.8) is 0 Å². The van der Waals surface area contributed by atoms with Gasteiger partial charge in [0.15, 0.2) is 5.82 Å². The molecule has 0 amide bonds. The summed E-state index contributed by atoms with van der Waals surface area (Å²) < 4.78 is 9.11. The van der Waals surface area contributed by atoms with Gasteiger partial charge in [-0.15, -0.1) is 5.10 Å². The second-order valence-electron chi connectivity index (χ2n) is 5.91. The normalized spacial score (nSPS) is 17.4. The van der Waals surface area contributed by atoms with Gasteiger partial charge in [0.05, 0.1) is 6.61 Å². The molecule has 1 saturated heterocycles. The van der Waals surface area contributed by atoms with E-state index in [2.05, 4.69) is 39.8 Å². The molecule has 1 atom stereocenters. The molecule has 1 aliphatic rings. The van der Waals surface area contributed by atoms with Gasteiger partial charge in [-0.2, -0.15) is 5.10 Å². The molecule has 0 spiro atoms. The van der Waals surface area contributed by atoms with Crippen molar-refractivity contribution in [2.75, 3.05) is 13.2 Å². The van der Waals surface area contributed by atoms with E-state index in [1.807, 2.05) is 10.7 Å². The zero-order chi connectivity index (χ0) is 16.2. The molecular weight excluding hydrogens is 306 g/mol. The van der Waals surface area contributed by atoms with E-state index in [-0.39, 0.29) is 5.92 Å². The molecule has 0 radical (unpaired) electrons. The zero-order valence-electron chi connectivity index (χ0n) is 13.3. The Morgan fingerprint density at radius 2 is 2.12 bits per heavy atom.